The van der Waals surface area contributed by atoms with Gasteiger partial charge < -0.3 is 19.5 Å². The smallest absolute Gasteiger partial charge is 0.161 e. The van der Waals surface area contributed by atoms with Gasteiger partial charge in [-0.25, -0.2) is 0 Å². The average molecular weight is 279 g/mol. The lowest BCUT2D eigenvalue weighted by molar-refractivity contribution is 0.0629. The Morgan fingerprint density at radius 1 is 1.25 bits per heavy atom. The van der Waals surface area contributed by atoms with E-state index in [2.05, 4.69) is 24.4 Å². The van der Waals surface area contributed by atoms with Crippen LogP contribution in [0.1, 0.15) is 37.8 Å². The van der Waals surface area contributed by atoms with Gasteiger partial charge in [0.05, 0.1) is 25.4 Å². The Balaban J connectivity index is 2.23. The molecule has 0 fully saturated rings. The van der Waals surface area contributed by atoms with Gasteiger partial charge in [-0.3, -0.25) is 0 Å². The predicted molar refractivity (Wildman–Crippen MR) is 79.6 cm³/mol. The Morgan fingerprint density at radius 3 is 2.65 bits per heavy atom. The summed E-state index contributed by atoms with van der Waals surface area (Å²) in [7, 11) is 3.74. The number of fused-ring (bicyclic) bond motifs is 1. The van der Waals surface area contributed by atoms with Crippen LogP contribution in [0.5, 0.6) is 11.5 Å². The first-order valence-electron chi connectivity index (χ1n) is 7.39. The molecule has 1 aliphatic rings. The number of nitrogens with one attached hydrogen (secondary N) is 1. The van der Waals surface area contributed by atoms with Crippen molar-refractivity contribution in [1.29, 1.82) is 0 Å². The molecular weight excluding hydrogens is 254 g/mol. The van der Waals surface area contributed by atoms with E-state index in [1.54, 1.807) is 7.11 Å². The molecule has 1 aromatic rings. The maximum atomic E-state index is 5.76. The molecule has 4 heteroatoms. The van der Waals surface area contributed by atoms with Crippen molar-refractivity contribution in [1.82, 2.24) is 5.32 Å². The topological polar surface area (TPSA) is 39.7 Å². The van der Waals surface area contributed by atoms with E-state index in [-0.39, 0.29) is 12.1 Å². The number of likely N-dealkylation sites (N-methyl/N-ethyl adjacent to an activating group) is 1. The molecule has 0 spiro atoms. The number of ether oxygens (including phenoxy) is 3. The largest absolute Gasteiger partial charge is 0.490 e. The van der Waals surface area contributed by atoms with E-state index >= 15 is 0 Å². The molecule has 0 aromatic heterocycles. The zero-order valence-corrected chi connectivity index (χ0v) is 12.6. The highest BCUT2D eigenvalue weighted by Gasteiger charge is 2.22. The van der Waals surface area contributed by atoms with Crippen LogP contribution in [0.3, 0.4) is 0 Å². The van der Waals surface area contributed by atoms with Crippen LogP contribution in [0.2, 0.25) is 0 Å². The maximum Gasteiger partial charge on any atom is 0.161 e. The first-order valence-corrected chi connectivity index (χ1v) is 7.39. The van der Waals surface area contributed by atoms with Crippen molar-refractivity contribution in [3.63, 3.8) is 0 Å². The van der Waals surface area contributed by atoms with E-state index in [1.807, 2.05) is 13.1 Å². The van der Waals surface area contributed by atoms with Gasteiger partial charge in [0, 0.05) is 13.5 Å². The van der Waals surface area contributed by atoms with E-state index in [9.17, 15) is 0 Å². The Kier molecular flexibility index (Phi) is 5.68. The monoisotopic (exact) mass is 279 g/mol. The molecule has 0 bridgehead atoms. The van der Waals surface area contributed by atoms with Crippen molar-refractivity contribution in [2.45, 2.75) is 38.3 Å². The molecule has 0 radical (unpaired) electrons. The third-order valence-electron chi connectivity index (χ3n) is 3.69. The van der Waals surface area contributed by atoms with Gasteiger partial charge in [0.15, 0.2) is 11.5 Å². The van der Waals surface area contributed by atoms with Crippen LogP contribution in [0, 0.1) is 0 Å². The highest BCUT2D eigenvalue weighted by Crippen LogP contribution is 2.33. The quantitative estimate of drug-likeness (QED) is 0.869. The van der Waals surface area contributed by atoms with Crippen LogP contribution < -0.4 is 14.8 Å². The fourth-order valence-electron chi connectivity index (χ4n) is 2.65. The molecule has 1 aliphatic heterocycles. The van der Waals surface area contributed by atoms with E-state index in [0.717, 1.165) is 37.4 Å². The third kappa shape index (κ3) is 3.44. The summed E-state index contributed by atoms with van der Waals surface area (Å²) in [5, 5.41) is 3.36. The third-order valence-corrected chi connectivity index (χ3v) is 3.69. The molecule has 20 heavy (non-hydrogen) atoms. The maximum absolute atomic E-state index is 5.76. The molecule has 1 aromatic carbocycles. The van der Waals surface area contributed by atoms with Crippen LogP contribution in [0.15, 0.2) is 18.2 Å². The predicted octanol–water partition coefficient (Wildman–Crippen LogP) is 2.92. The van der Waals surface area contributed by atoms with Crippen molar-refractivity contribution in [3.8, 4) is 11.5 Å². The fourth-order valence-corrected chi connectivity index (χ4v) is 2.65. The van der Waals surface area contributed by atoms with E-state index in [0.29, 0.717) is 6.61 Å². The second-order valence-corrected chi connectivity index (χ2v) is 5.09. The van der Waals surface area contributed by atoms with Crippen molar-refractivity contribution < 1.29 is 14.2 Å². The number of rotatable bonds is 6. The summed E-state index contributed by atoms with van der Waals surface area (Å²) >= 11 is 0. The zero-order valence-electron chi connectivity index (χ0n) is 12.6. The Morgan fingerprint density at radius 2 is 2.00 bits per heavy atom. The second kappa shape index (κ2) is 7.50. The number of methoxy groups -OCH3 is 1. The normalized spacial score (nSPS) is 17.4. The average Bonchev–Trinajstić information content (AvgIpc) is 2.71. The molecule has 0 saturated heterocycles. The summed E-state index contributed by atoms with van der Waals surface area (Å²) in [5.74, 6) is 1.68. The number of hydrogen-bond acceptors (Lipinski definition) is 4. The molecule has 1 heterocycles. The summed E-state index contributed by atoms with van der Waals surface area (Å²) < 4.78 is 17.1. The summed E-state index contributed by atoms with van der Waals surface area (Å²) in [4.78, 5) is 0. The first kappa shape index (κ1) is 15.1. The molecule has 0 saturated carbocycles. The minimum atomic E-state index is 0.162. The fraction of sp³-hybridized carbons (Fsp3) is 0.625. The lowest BCUT2D eigenvalue weighted by Gasteiger charge is -2.26. The molecule has 2 rings (SSSR count). The van der Waals surface area contributed by atoms with Gasteiger partial charge in [-0.15, -0.1) is 0 Å². The van der Waals surface area contributed by atoms with Crippen LogP contribution in [0.4, 0.5) is 0 Å². The molecule has 0 amide bonds. The van der Waals surface area contributed by atoms with Crippen LogP contribution in [0.25, 0.3) is 0 Å². The van der Waals surface area contributed by atoms with Gasteiger partial charge in [-0.2, -0.15) is 0 Å². The Hall–Kier alpha value is -1.26. The van der Waals surface area contributed by atoms with Gasteiger partial charge >= 0.3 is 0 Å². The minimum Gasteiger partial charge on any atom is -0.490 e. The van der Waals surface area contributed by atoms with Gasteiger partial charge in [0.25, 0.3) is 0 Å². The number of benzene rings is 1. The van der Waals surface area contributed by atoms with Gasteiger partial charge in [0.1, 0.15) is 0 Å². The highest BCUT2D eigenvalue weighted by atomic mass is 16.5. The van der Waals surface area contributed by atoms with Crippen LogP contribution in [-0.4, -0.2) is 33.5 Å². The summed E-state index contributed by atoms with van der Waals surface area (Å²) in [6.07, 6.45) is 3.21. The second-order valence-electron chi connectivity index (χ2n) is 5.09. The zero-order chi connectivity index (χ0) is 14.4. The van der Waals surface area contributed by atoms with E-state index in [4.69, 9.17) is 14.2 Å². The van der Waals surface area contributed by atoms with E-state index < -0.39 is 0 Å². The van der Waals surface area contributed by atoms with Gasteiger partial charge in [-0.1, -0.05) is 19.4 Å². The SMILES string of the molecule is CCCC(OC)C(NC)c1ccc2c(c1)OCCCO2. The molecular formula is C16H25NO3. The van der Waals surface area contributed by atoms with Crippen molar-refractivity contribution in [2.75, 3.05) is 27.4 Å². The lowest BCUT2D eigenvalue weighted by atomic mass is 9.98. The summed E-state index contributed by atoms with van der Waals surface area (Å²) in [6, 6.07) is 6.33. The van der Waals surface area contributed by atoms with Gasteiger partial charge in [0.2, 0.25) is 0 Å². The molecule has 1 N–H and O–H groups in total. The lowest BCUT2D eigenvalue weighted by Crippen LogP contribution is -2.31. The first-order chi connectivity index (χ1) is 9.80. The van der Waals surface area contributed by atoms with Crippen molar-refractivity contribution >= 4 is 0 Å². The number of hydrogen-bond donors (Lipinski definition) is 1. The standard InChI is InChI=1S/C16H25NO3/c1-4-6-14(18-3)16(17-2)12-7-8-13-15(11-12)20-10-5-9-19-13/h7-8,11,14,16-17H,4-6,9-10H2,1-3H3. The molecule has 2 atom stereocenters. The Labute approximate surface area is 121 Å². The van der Waals surface area contributed by atoms with Crippen LogP contribution >= 0.6 is 0 Å². The van der Waals surface area contributed by atoms with Gasteiger partial charge in [-0.05, 0) is 31.2 Å². The van der Waals surface area contributed by atoms with Crippen molar-refractivity contribution in [2.24, 2.45) is 0 Å². The minimum absolute atomic E-state index is 0.162. The highest BCUT2D eigenvalue weighted by molar-refractivity contribution is 5.44. The molecule has 0 aliphatic carbocycles. The Bertz CT molecular complexity index is 422. The van der Waals surface area contributed by atoms with E-state index in [1.165, 1.54) is 5.56 Å². The molecule has 4 nitrogen and oxygen atoms in total. The summed E-state index contributed by atoms with van der Waals surface area (Å²) in [5.41, 5.74) is 1.18. The van der Waals surface area contributed by atoms with Crippen molar-refractivity contribution in [3.05, 3.63) is 23.8 Å². The van der Waals surface area contributed by atoms with Crippen LogP contribution in [-0.2, 0) is 4.74 Å². The molecule has 2 unspecified atom stereocenters. The molecule has 112 valence electrons. The summed E-state index contributed by atoms with van der Waals surface area (Å²) in [6.45, 7) is 3.61.